The second kappa shape index (κ2) is 29.6. The molecule has 10 nitrogen and oxygen atoms in total. The van der Waals surface area contributed by atoms with E-state index in [0.29, 0.717) is 12.8 Å². The summed E-state index contributed by atoms with van der Waals surface area (Å²) >= 11 is 0. The van der Waals surface area contributed by atoms with Crippen molar-refractivity contribution in [3.63, 3.8) is 0 Å². The smallest absolute Gasteiger partial charge is 0.305 e. The molecule has 10 heteroatoms. The molecule has 0 bridgehead atoms. The lowest BCUT2D eigenvalue weighted by Crippen LogP contribution is -2.03. The van der Waals surface area contributed by atoms with Gasteiger partial charge in [0, 0.05) is 25.7 Å². The molecule has 0 aliphatic heterocycles. The van der Waals surface area contributed by atoms with Gasteiger partial charge in [0.15, 0.2) is 0 Å². The van der Waals surface area contributed by atoms with Gasteiger partial charge in [0.2, 0.25) is 0 Å². The first-order valence-corrected chi connectivity index (χ1v) is 10.2. The van der Waals surface area contributed by atoms with E-state index in [2.05, 4.69) is 0 Å². The van der Waals surface area contributed by atoms with Gasteiger partial charge in [-0.1, -0.05) is 54.9 Å². The van der Waals surface area contributed by atoms with Crippen LogP contribution in [0.3, 0.4) is 0 Å². The Kier molecular flexibility index (Phi) is 37.1. The first kappa shape index (κ1) is 38.9. The number of hydrogen-bond acceptors (Lipinski definition) is 5. The lowest BCUT2D eigenvalue weighted by Gasteiger charge is -1.94. The fraction of sp³-hybridized carbons (Fsp3) is 0.762. The van der Waals surface area contributed by atoms with E-state index in [1.165, 1.54) is 0 Å². The van der Waals surface area contributed by atoms with Gasteiger partial charge in [0.25, 0.3) is 0 Å². The van der Waals surface area contributed by atoms with E-state index in [-0.39, 0.29) is 24.7 Å². The maximum atomic E-state index is 9.81. The van der Waals surface area contributed by atoms with Gasteiger partial charge in [-0.05, 0) is 18.8 Å². The summed E-state index contributed by atoms with van der Waals surface area (Å²) in [6.45, 7) is 12.5. The van der Waals surface area contributed by atoms with E-state index in [1.807, 2.05) is 27.7 Å². The molecule has 0 aliphatic rings. The Bertz CT molecular complexity index is 471. The van der Waals surface area contributed by atoms with Crippen molar-refractivity contribution >= 4 is 29.8 Å². The van der Waals surface area contributed by atoms with Crippen molar-refractivity contribution < 1.29 is 49.5 Å². The van der Waals surface area contributed by atoms with Crippen molar-refractivity contribution in [1.82, 2.24) is 0 Å². The number of rotatable bonds is 9. The molecule has 5 N–H and O–H groups in total. The molecule has 0 aromatic rings. The fourth-order valence-corrected chi connectivity index (χ4v) is 0.891. The second-order valence-corrected chi connectivity index (χ2v) is 6.87. The van der Waals surface area contributed by atoms with Crippen molar-refractivity contribution in [1.29, 1.82) is 0 Å². The zero-order chi connectivity index (χ0) is 26.0. The SMILES string of the molecule is CC(C)C(=O)O.CC(C)CC(=O)O.CCC(=O)O.CCCC(=O)O.CCCCC(=O)O. The summed E-state index contributed by atoms with van der Waals surface area (Å²) in [6, 6.07) is 0. The van der Waals surface area contributed by atoms with Crippen LogP contribution < -0.4 is 0 Å². The van der Waals surface area contributed by atoms with Crippen LogP contribution in [0.1, 0.15) is 93.4 Å². The van der Waals surface area contributed by atoms with Crippen molar-refractivity contribution in [2.75, 3.05) is 0 Å². The molecular weight excluding hydrogens is 412 g/mol. The van der Waals surface area contributed by atoms with Gasteiger partial charge >= 0.3 is 29.8 Å². The molecule has 0 spiro atoms. The highest BCUT2D eigenvalue weighted by Gasteiger charge is 1.99. The molecule has 0 radical (unpaired) electrons. The predicted octanol–water partition coefficient (Wildman–Crippen LogP) is 4.46. The minimum absolute atomic E-state index is 0.222. The summed E-state index contributed by atoms with van der Waals surface area (Å²) < 4.78 is 0. The standard InChI is InChI=1S/2C5H10O2.2C4H8O2.C3H6O2/c1-4(2)3-5(6)7;1-2-3-4-5(6)7;1-3(2)4(5)6;1-2-3-4(5)6;1-2-3(4)5/h4H,3H2,1-2H3,(H,6,7);2-4H2,1H3,(H,6,7);3H,1-2H3,(H,5,6);2-3H2,1H3,(H,5,6);2H2,1H3,(H,4,5). The molecule has 0 aromatic carbocycles. The summed E-state index contributed by atoms with van der Waals surface area (Å²) in [4.78, 5) is 48.2. The lowest BCUT2D eigenvalue weighted by atomic mass is 10.1. The van der Waals surface area contributed by atoms with Crippen LogP contribution in [0.2, 0.25) is 0 Å². The Hall–Kier alpha value is -2.65. The summed E-state index contributed by atoms with van der Waals surface area (Å²) in [7, 11) is 0. The molecule has 0 aromatic heterocycles. The molecule has 0 saturated heterocycles. The van der Waals surface area contributed by atoms with E-state index in [1.54, 1.807) is 20.8 Å². The van der Waals surface area contributed by atoms with Crippen LogP contribution in [-0.2, 0) is 24.0 Å². The second-order valence-electron chi connectivity index (χ2n) is 6.87. The summed E-state index contributed by atoms with van der Waals surface area (Å²) in [5.41, 5.74) is 0. The Morgan fingerprint density at radius 3 is 1.00 bits per heavy atom. The highest BCUT2D eigenvalue weighted by atomic mass is 16.4. The minimum Gasteiger partial charge on any atom is -0.481 e. The molecule has 0 unspecified atom stereocenters. The Morgan fingerprint density at radius 2 is 0.968 bits per heavy atom. The van der Waals surface area contributed by atoms with Gasteiger partial charge in [-0.15, -0.1) is 0 Å². The molecule has 0 fully saturated rings. The number of carboxylic acids is 5. The normalized spacial score (nSPS) is 8.68. The fourth-order valence-electron chi connectivity index (χ4n) is 0.891. The third kappa shape index (κ3) is 85.4. The zero-order valence-electron chi connectivity index (χ0n) is 19.9. The number of hydrogen-bond donors (Lipinski definition) is 5. The van der Waals surface area contributed by atoms with Crippen LogP contribution in [0.25, 0.3) is 0 Å². The highest BCUT2D eigenvalue weighted by molar-refractivity contribution is 5.69. The van der Waals surface area contributed by atoms with Gasteiger partial charge in [0.1, 0.15) is 0 Å². The van der Waals surface area contributed by atoms with E-state index in [9.17, 15) is 24.0 Å². The van der Waals surface area contributed by atoms with E-state index in [4.69, 9.17) is 25.5 Å². The highest BCUT2D eigenvalue weighted by Crippen LogP contribution is 1.96. The number of aliphatic carboxylic acids is 5. The lowest BCUT2D eigenvalue weighted by molar-refractivity contribution is -0.141. The van der Waals surface area contributed by atoms with E-state index in [0.717, 1.165) is 19.3 Å². The third-order valence-corrected chi connectivity index (χ3v) is 2.59. The monoisotopic (exact) mass is 454 g/mol. The van der Waals surface area contributed by atoms with E-state index < -0.39 is 29.8 Å². The maximum absolute atomic E-state index is 9.81. The topological polar surface area (TPSA) is 186 Å². The van der Waals surface area contributed by atoms with Crippen molar-refractivity contribution in [2.24, 2.45) is 11.8 Å². The van der Waals surface area contributed by atoms with E-state index >= 15 is 0 Å². The summed E-state index contributed by atoms with van der Waals surface area (Å²) in [6.07, 6.45) is 3.60. The third-order valence-electron chi connectivity index (χ3n) is 2.59. The van der Waals surface area contributed by atoms with Crippen LogP contribution >= 0.6 is 0 Å². The molecule has 0 rings (SSSR count). The molecule has 0 heterocycles. The van der Waals surface area contributed by atoms with Crippen LogP contribution in [0, 0.1) is 11.8 Å². The first-order chi connectivity index (χ1) is 14.1. The van der Waals surface area contributed by atoms with Crippen LogP contribution in [0.4, 0.5) is 0 Å². The van der Waals surface area contributed by atoms with Crippen molar-refractivity contribution in [3.8, 4) is 0 Å². The average Bonchev–Trinajstić information content (AvgIpc) is 2.60. The Morgan fingerprint density at radius 1 is 0.613 bits per heavy atom. The quantitative estimate of drug-likeness (QED) is 0.333. The van der Waals surface area contributed by atoms with Gasteiger partial charge in [-0.3, -0.25) is 24.0 Å². The molecule has 186 valence electrons. The Balaban J connectivity index is -0.0000000913. The number of unbranched alkanes of at least 4 members (excludes halogenated alkanes) is 1. The summed E-state index contributed by atoms with van der Waals surface area (Å²) in [5.74, 6) is -3.56. The average molecular weight is 455 g/mol. The number of carboxylic acid groups (broad SMARTS) is 5. The molecular formula is C21H42O10. The van der Waals surface area contributed by atoms with Gasteiger partial charge in [-0.25, -0.2) is 0 Å². The molecule has 0 saturated carbocycles. The van der Waals surface area contributed by atoms with Crippen LogP contribution in [-0.4, -0.2) is 55.4 Å². The molecule has 0 amide bonds. The maximum Gasteiger partial charge on any atom is 0.305 e. The van der Waals surface area contributed by atoms with Gasteiger partial charge < -0.3 is 25.5 Å². The first-order valence-electron chi connectivity index (χ1n) is 10.2. The predicted molar refractivity (Wildman–Crippen MR) is 117 cm³/mol. The minimum atomic E-state index is -0.745. The van der Waals surface area contributed by atoms with Gasteiger partial charge in [0.05, 0.1) is 5.92 Å². The molecule has 31 heavy (non-hydrogen) atoms. The molecule has 0 aliphatic carbocycles. The van der Waals surface area contributed by atoms with Crippen LogP contribution in [0.15, 0.2) is 0 Å². The van der Waals surface area contributed by atoms with Crippen molar-refractivity contribution in [3.05, 3.63) is 0 Å². The zero-order valence-corrected chi connectivity index (χ0v) is 19.9. The van der Waals surface area contributed by atoms with Crippen molar-refractivity contribution in [2.45, 2.75) is 93.4 Å². The Labute approximate surface area is 185 Å². The summed E-state index contributed by atoms with van der Waals surface area (Å²) in [5, 5.41) is 39.8. The number of carbonyl (C=O) groups is 5. The molecule has 0 atom stereocenters. The van der Waals surface area contributed by atoms with Crippen LogP contribution in [0.5, 0.6) is 0 Å². The van der Waals surface area contributed by atoms with Gasteiger partial charge in [-0.2, -0.15) is 0 Å². The largest absolute Gasteiger partial charge is 0.481 e.